The van der Waals surface area contributed by atoms with Gasteiger partial charge in [-0.25, -0.2) is 12.8 Å². The first-order valence-electron chi connectivity index (χ1n) is 5.72. The van der Waals surface area contributed by atoms with Crippen molar-refractivity contribution in [2.24, 2.45) is 0 Å². The third-order valence-corrected chi connectivity index (χ3v) is 4.65. The van der Waals surface area contributed by atoms with Crippen molar-refractivity contribution in [1.82, 2.24) is 0 Å². The molecule has 0 aromatic heterocycles. The maximum absolute atomic E-state index is 13.1. The topological polar surface area (TPSA) is 37.4 Å². The molecule has 0 radical (unpaired) electrons. The highest BCUT2D eigenvalue weighted by atomic mass is 32.2. The third-order valence-electron chi connectivity index (χ3n) is 2.85. The van der Waals surface area contributed by atoms with E-state index in [-0.39, 0.29) is 4.90 Å². The number of anilines is 1. The van der Waals surface area contributed by atoms with Crippen LogP contribution in [0, 0.1) is 12.7 Å². The molecule has 0 bridgehead atoms. The van der Waals surface area contributed by atoms with E-state index in [9.17, 15) is 12.8 Å². The van der Waals surface area contributed by atoms with Crippen LogP contribution in [0.1, 0.15) is 5.56 Å². The lowest BCUT2D eigenvalue weighted by Gasteiger charge is -2.19. The molecule has 19 heavy (non-hydrogen) atoms. The van der Waals surface area contributed by atoms with E-state index in [0.29, 0.717) is 5.69 Å². The maximum Gasteiger partial charge on any atom is 0.264 e. The Kier molecular flexibility index (Phi) is 3.57. The molecular formula is C14H14FNO2S. The molecule has 0 amide bonds. The molecule has 2 aromatic carbocycles. The highest BCUT2D eigenvalue weighted by Gasteiger charge is 2.21. The normalized spacial score (nSPS) is 11.3. The van der Waals surface area contributed by atoms with Crippen molar-refractivity contribution >= 4 is 15.7 Å². The average Bonchev–Trinajstić information content (AvgIpc) is 2.38. The van der Waals surface area contributed by atoms with E-state index in [1.165, 1.54) is 25.2 Å². The third kappa shape index (κ3) is 2.76. The Hall–Kier alpha value is -1.88. The predicted molar refractivity (Wildman–Crippen MR) is 73.2 cm³/mol. The number of aryl methyl sites for hydroxylation is 1. The van der Waals surface area contributed by atoms with Gasteiger partial charge >= 0.3 is 0 Å². The van der Waals surface area contributed by atoms with Gasteiger partial charge in [-0.3, -0.25) is 4.31 Å². The van der Waals surface area contributed by atoms with Gasteiger partial charge in [-0.15, -0.1) is 0 Å². The lowest BCUT2D eigenvalue weighted by atomic mass is 10.2. The van der Waals surface area contributed by atoms with Crippen LogP contribution in [0.3, 0.4) is 0 Å². The molecule has 100 valence electrons. The van der Waals surface area contributed by atoms with Gasteiger partial charge in [0.05, 0.1) is 10.6 Å². The molecule has 2 rings (SSSR count). The van der Waals surface area contributed by atoms with Crippen LogP contribution >= 0.6 is 0 Å². The molecule has 0 unspecified atom stereocenters. The van der Waals surface area contributed by atoms with Crippen LogP contribution in [0.15, 0.2) is 53.4 Å². The van der Waals surface area contributed by atoms with Crippen molar-refractivity contribution in [3.8, 4) is 0 Å². The number of hydrogen-bond acceptors (Lipinski definition) is 2. The fourth-order valence-electron chi connectivity index (χ4n) is 1.68. The molecule has 0 fully saturated rings. The minimum atomic E-state index is -3.66. The molecule has 0 saturated carbocycles. The van der Waals surface area contributed by atoms with Crippen molar-refractivity contribution in [3.63, 3.8) is 0 Å². The largest absolute Gasteiger partial charge is 0.269 e. The van der Waals surface area contributed by atoms with E-state index in [1.807, 2.05) is 6.92 Å². The second kappa shape index (κ2) is 5.01. The zero-order valence-corrected chi connectivity index (χ0v) is 11.5. The summed E-state index contributed by atoms with van der Waals surface area (Å²) in [7, 11) is -2.25. The van der Waals surface area contributed by atoms with E-state index in [0.717, 1.165) is 9.87 Å². The first kappa shape index (κ1) is 13.5. The maximum atomic E-state index is 13.1. The molecule has 0 aliphatic heterocycles. The van der Waals surface area contributed by atoms with Crippen molar-refractivity contribution in [3.05, 3.63) is 59.9 Å². The monoisotopic (exact) mass is 279 g/mol. The first-order chi connectivity index (χ1) is 8.91. The Bertz CT molecular complexity index is 681. The minimum absolute atomic E-state index is 0.185. The van der Waals surface area contributed by atoms with Crippen molar-refractivity contribution in [2.75, 3.05) is 11.4 Å². The molecule has 0 aliphatic rings. The lowest BCUT2D eigenvalue weighted by molar-refractivity contribution is 0.594. The molecule has 3 nitrogen and oxygen atoms in total. The number of halogens is 1. The molecule has 0 heterocycles. The van der Waals surface area contributed by atoms with Gasteiger partial charge in [0, 0.05) is 7.05 Å². The molecular weight excluding hydrogens is 265 g/mol. The number of hydrogen-bond donors (Lipinski definition) is 0. The van der Waals surface area contributed by atoms with Crippen molar-refractivity contribution < 1.29 is 12.8 Å². The highest BCUT2D eigenvalue weighted by molar-refractivity contribution is 7.92. The Morgan fingerprint density at radius 2 is 1.68 bits per heavy atom. The van der Waals surface area contributed by atoms with Crippen LogP contribution in [0.4, 0.5) is 10.1 Å². The molecule has 0 atom stereocenters. The van der Waals surface area contributed by atoms with Crippen LogP contribution in [-0.2, 0) is 10.0 Å². The number of nitrogens with zero attached hydrogens (tertiary/aromatic N) is 1. The summed E-state index contributed by atoms with van der Waals surface area (Å²) in [6.07, 6.45) is 0. The Morgan fingerprint density at radius 3 is 2.26 bits per heavy atom. The van der Waals surface area contributed by atoms with Gasteiger partial charge in [-0.05, 0) is 37.3 Å². The van der Waals surface area contributed by atoms with Crippen LogP contribution < -0.4 is 4.31 Å². The number of benzene rings is 2. The van der Waals surface area contributed by atoms with E-state index in [1.54, 1.807) is 30.3 Å². The van der Waals surface area contributed by atoms with Crippen LogP contribution in [0.5, 0.6) is 0 Å². The summed E-state index contributed by atoms with van der Waals surface area (Å²) in [6.45, 7) is 1.88. The Morgan fingerprint density at radius 1 is 1.05 bits per heavy atom. The summed E-state index contributed by atoms with van der Waals surface area (Å²) >= 11 is 0. The number of rotatable bonds is 3. The molecule has 2 aromatic rings. The highest BCUT2D eigenvalue weighted by Crippen LogP contribution is 2.22. The molecule has 5 heteroatoms. The minimum Gasteiger partial charge on any atom is -0.269 e. The average molecular weight is 279 g/mol. The van der Waals surface area contributed by atoms with E-state index < -0.39 is 15.8 Å². The van der Waals surface area contributed by atoms with E-state index in [2.05, 4.69) is 0 Å². The molecule has 0 aliphatic carbocycles. The van der Waals surface area contributed by atoms with Gasteiger partial charge < -0.3 is 0 Å². The summed E-state index contributed by atoms with van der Waals surface area (Å²) in [4.78, 5) is 0.185. The Balaban J connectivity index is 2.42. The first-order valence-corrected chi connectivity index (χ1v) is 7.16. The fraction of sp³-hybridized carbons (Fsp3) is 0.143. The van der Waals surface area contributed by atoms with Crippen molar-refractivity contribution in [1.29, 1.82) is 0 Å². The van der Waals surface area contributed by atoms with Crippen LogP contribution in [0.25, 0.3) is 0 Å². The van der Waals surface area contributed by atoms with E-state index >= 15 is 0 Å². The van der Waals surface area contributed by atoms with Gasteiger partial charge in [0.1, 0.15) is 5.82 Å². The summed E-state index contributed by atoms with van der Waals surface area (Å²) in [5.41, 5.74) is 1.27. The van der Waals surface area contributed by atoms with Gasteiger partial charge in [0.15, 0.2) is 0 Å². The quantitative estimate of drug-likeness (QED) is 0.866. The van der Waals surface area contributed by atoms with E-state index in [4.69, 9.17) is 0 Å². The standard InChI is InChI=1S/C14H14FNO2S/c1-11-6-8-14(9-7-11)19(17,18)16(2)13-5-3-4-12(15)10-13/h3-10H,1-2H3. The smallest absolute Gasteiger partial charge is 0.264 e. The Labute approximate surface area is 112 Å². The van der Waals surface area contributed by atoms with Gasteiger partial charge in [-0.1, -0.05) is 23.8 Å². The second-order valence-electron chi connectivity index (χ2n) is 4.27. The van der Waals surface area contributed by atoms with Gasteiger partial charge in [-0.2, -0.15) is 0 Å². The van der Waals surface area contributed by atoms with Gasteiger partial charge in [0.2, 0.25) is 0 Å². The summed E-state index contributed by atoms with van der Waals surface area (Å²) in [5.74, 6) is -0.469. The zero-order valence-electron chi connectivity index (χ0n) is 10.7. The molecule has 0 saturated heterocycles. The SMILES string of the molecule is Cc1ccc(S(=O)(=O)N(C)c2cccc(F)c2)cc1. The van der Waals surface area contributed by atoms with Crippen molar-refractivity contribution in [2.45, 2.75) is 11.8 Å². The van der Waals surface area contributed by atoms with Crippen LogP contribution in [0.2, 0.25) is 0 Å². The second-order valence-corrected chi connectivity index (χ2v) is 6.23. The molecule has 0 N–H and O–H groups in total. The lowest BCUT2D eigenvalue weighted by Crippen LogP contribution is -2.26. The predicted octanol–water partition coefficient (Wildman–Crippen LogP) is 2.96. The summed E-state index contributed by atoms with van der Waals surface area (Å²) in [6, 6.07) is 12.0. The molecule has 0 spiro atoms. The van der Waals surface area contributed by atoms with Gasteiger partial charge in [0.25, 0.3) is 10.0 Å². The van der Waals surface area contributed by atoms with Crippen LogP contribution in [-0.4, -0.2) is 15.5 Å². The zero-order chi connectivity index (χ0) is 14.0. The summed E-state index contributed by atoms with van der Waals surface area (Å²) in [5, 5.41) is 0. The fourth-order valence-corrected chi connectivity index (χ4v) is 2.87. The number of sulfonamides is 1. The summed E-state index contributed by atoms with van der Waals surface area (Å²) < 4.78 is 38.9.